The molecule has 0 aliphatic heterocycles. The molecule has 0 bridgehead atoms. The van der Waals surface area contributed by atoms with Gasteiger partial charge in [-0.3, -0.25) is 4.79 Å². The molecule has 0 saturated carbocycles. The van der Waals surface area contributed by atoms with Crippen LogP contribution in [0.5, 0.6) is 0 Å². The molecule has 0 N–H and O–H groups in total. The first-order valence-electron chi connectivity index (χ1n) is 4.51. The van der Waals surface area contributed by atoms with E-state index in [9.17, 15) is 4.79 Å². The van der Waals surface area contributed by atoms with E-state index in [2.05, 4.69) is 21.6 Å². The van der Waals surface area contributed by atoms with Crippen LogP contribution in [-0.4, -0.2) is 25.5 Å². The van der Waals surface area contributed by atoms with Crippen LogP contribution in [0, 0.1) is 0 Å². The van der Waals surface area contributed by atoms with E-state index in [1.165, 1.54) is 29.3 Å². The Labute approximate surface area is 107 Å². The second-order valence-corrected chi connectivity index (χ2v) is 3.82. The zero-order valence-electron chi connectivity index (χ0n) is 8.47. The van der Waals surface area contributed by atoms with E-state index in [1.54, 1.807) is 0 Å². The Hall–Kier alpha value is -1.72. The van der Waals surface area contributed by atoms with Crippen molar-refractivity contribution in [2.24, 2.45) is 0 Å². The molecule has 7 heteroatoms. The SMILES string of the molecule is C=Cn1ncnc1C(=O)c1cc(Cl)nc(Cl)c1. The highest BCUT2D eigenvalue weighted by Gasteiger charge is 2.16. The average molecular weight is 269 g/mol. The van der Waals surface area contributed by atoms with Crippen LogP contribution in [0.15, 0.2) is 25.0 Å². The summed E-state index contributed by atoms with van der Waals surface area (Å²) in [6, 6.07) is 2.83. The number of pyridine rings is 1. The summed E-state index contributed by atoms with van der Waals surface area (Å²) in [6.45, 7) is 3.52. The molecule has 2 heterocycles. The standard InChI is InChI=1S/C10H6Cl2N4O/c1-2-16-10(13-5-14-16)9(17)6-3-7(11)15-8(12)4-6/h2-5H,1H2. The Morgan fingerprint density at radius 3 is 2.59 bits per heavy atom. The lowest BCUT2D eigenvalue weighted by Gasteiger charge is -2.01. The van der Waals surface area contributed by atoms with Crippen molar-refractivity contribution in [2.75, 3.05) is 0 Å². The molecule has 5 nitrogen and oxygen atoms in total. The van der Waals surface area contributed by atoms with Crippen molar-refractivity contribution in [3.63, 3.8) is 0 Å². The van der Waals surface area contributed by atoms with Gasteiger partial charge in [-0.15, -0.1) is 0 Å². The zero-order chi connectivity index (χ0) is 12.4. The number of ketones is 1. The van der Waals surface area contributed by atoms with Crippen LogP contribution in [-0.2, 0) is 0 Å². The minimum absolute atomic E-state index is 0.137. The van der Waals surface area contributed by atoms with Crippen LogP contribution in [0.2, 0.25) is 10.3 Å². The first kappa shape index (κ1) is 11.8. The topological polar surface area (TPSA) is 60.7 Å². The molecule has 2 rings (SSSR count). The minimum Gasteiger partial charge on any atom is -0.285 e. The fourth-order valence-electron chi connectivity index (χ4n) is 1.27. The van der Waals surface area contributed by atoms with E-state index in [0.717, 1.165) is 0 Å². The van der Waals surface area contributed by atoms with Crippen molar-refractivity contribution in [3.8, 4) is 0 Å². The summed E-state index contributed by atoms with van der Waals surface area (Å²) in [5.74, 6) is -0.216. The minimum atomic E-state index is -0.353. The summed E-state index contributed by atoms with van der Waals surface area (Å²) in [6.07, 6.45) is 2.64. The van der Waals surface area contributed by atoms with Gasteiger partial charge in [-0.1, -0.05) is 29.8 Å². The van der Waals surface area contributed by atoms with Crippen molar-refractivity contribution in [3.05, 3.63) is 46.7 Å². The maximum Gasteiger partial charge on any atom is 0.230 e. The molecule has 0 saturated heterocycles. The first-order chi connectivity index (χ1) is 8.11. The number of nitrogens with zero attached hydrogens (tertiary/aromatic N) is 4. The van der Waals surface area contributed by atoms with Gasteiger partial charge in [0.25, 0.3) is 0 Å². The second kappa shape index (κ2) is 4.65. The molecule has 0 spiro atoms. The van der Waals surface area contributed by atoms with Crippen molar-refractivity contribution >= 4 is 35.2 Å². The van der Waals surface area contributed by atoms with Gasteiger partial charge in [0, 0.05) is 11.8 Å². The van der Waals surface area contributed by atoms with Gasteiger partial charge in [0.05, 0.1) is 0 Å². The third kappa shape index (κ3) is 2.35. The highest BCUT2D eigenvalue weighted by Crippen LogP contribution is 2.17. The van der Waals surface area contributed by atoms with E-state index in [4.69, 9.17) is 23.2 Å². The lowest BCUT2D eigenvalue weighted by atomic mass is 10.2. The number of rotatable bonds is 3. The van der Waals surface area contributed by atoms with Crippen LogP contribution in [0.3, 0.4) is 0 Å². The molecule has 17 heavy (non-hydrogen) atoms. The Morgan fingerprint density at radius 2 is 2.00 bits per heavy atom. The molecule has 0 aliphatic carbocycles. The number of halogens is 2. The largest absolute Gasteiger partial charge is 0.285 e. The van der Waals surface area contributed by atoms with Crippen LogP contribution >= 0.6 is 23.2 Å². The predicted octanol–water partition coefficient (Wildman–Crippen LogP) is 2.31. The monoisotopic (exact) mass is 268 g/mol. The van der Waals surface area contributed by atoms with Crippen LogP contribution in [0.4, 0.5) is 0 Å². The van der Waals surface area contributed by atoms with Gasteiger partial charge in [0.2, 0.25) is 11.6 Å². The molecule has 0 atom stereocenters. The van der Waals surface area contributed by atoms with Gasteiger partial charge in [0.15, 0.2) is 0 Å². The number of carbonyl (C=O) groups excluding carboxylic acids is 1. The molecule has 0 fully saturated rings. The zero-order valence-corrected chi connectivity index (χ0v) is 9.98. The Bertz CT molecular complexity index is 573. The molecule has 86 valence electrons. The van der Waals surface area contributed by atoms with Crippen molar-refractivity contribution in [2.45, 2.75) is 0 Å². The predicted molar refractivity (Wildman–Crippen MR) is 64.1 cm³/mol. The normalized spacial score (nSPS) is 10.2. The van der Waals surface area contributed by atoms with Crippen molar-refractivity contribution in [1.29, 1.82) is 0 Å². The fourth-order valence-corrected chi connectivity index (χ4v) is 1.73. The molecule has 0 aromatic carbocycles. The fraction of sp³-hybridized carbons (Fsp3) is 0. The van der Waals surface area contributed by atoms with Crippen LogP contribution in [0.25, 0.3) is 6.20 Å². The summed E-state index contributed by atoms with van der Waals surface area (Å²) in [4.78, 5) is 19.7. The maximum absolute atomic E-state index is 12.1. The quantitative estimate of drug-likeness (QED) is 0.633. The van der Waals surface area contributed by atoms with E-state index >= 15 is 0 Å². The van der Waals surface area contributed by atoms with Gasteiger partial charge >= 0.3 is 0 Å². The smallest absolute Gasteiger partial charge is 0.230 e. The van der Waals surface area contributed by atoms with Crippen LogP contribution in [0.1, 0.15) is 16.2 Å². The number of hydrogen-bond acceptors (Lipinski definition) is 4. The Kier molecular flexibility index (Phi) is 3.21. The summed E-state index contributed by atoms with van der Waals surface area (Å²) < 4.78 is 1.27. The van der Waals surface area contributed by atoms with E-state index in [1.807, 2.05) is 0 Å². The van der Waals surface area contributed by atoms with Gasteiger partial charge in [-0.2, -0.15) is 5.10 Å². The van der Waals surface area contributed by atoms with Crippen molar-refractivity contribution in [1.82, 2.24) is 19.7 Å². The molecule has 0 amide bonds. The maximum atomic E-state index is 12.1. The van der Waals surface area contributed by atoms with E-state index in [0.29, 0.717) is 5.56 Å². The third-order valence-corrected chi connectivity index (χ3v) is 2.36. The number of hydrogen-bond donors (Lipinski definition) is 0. The molecule has 0 unspecified atom stereocenters. The number of aromatic nitrogens is 4. The Morgan fingerprint density at radius 1 is 1.35 bits per heavy atom. The summed E-state index contributed by atoms with van der Waals surface area (Å²) in [5.41, 5.74) is 0.297. The van der Waals surface area contributed by atoms with Gasteiger partial charge in [-0.05, 0) is 12.1 Å². The summed E-state index contributed by atoms with van der Waals surface area (Å²) >= 11 is 11.4. The molecular weight excluding hydrogens is 263 g/mol. The highest BCUT2D eigenvalue weighted by molar-refractivity contribution is 6.33. The van der Waals surface area contributed by atoms with E-state index < -0.39 is 0 Å². The van der Waals surface area contributed by atoms with Gasteiger partial charge < -0.3 is 0 Å². The summed E-state index contributed by atoms with van der Waals surface area (Å²) in [5, 5.41) is 4.10. The van der Waals surface area contributed by atoms with E-state index in [-0.39, 0.29) is 21.9 Å². The van der Waals surface area contributed by atoms with Gasteiger partial charge in [0.1, 0.15) is 16.6 Å². The first-order valence-corrected chi connectivity index (χ1v) is 5.27. The van der Waals surface area contributed by atoms with Gasteiger partial charge in [-0.25, -0.2) is 14.6 Å². The molecule has 0 radical (unpaired) electrons. The average Bonchev–Trinajstić information content (AvgIpc) is 2.74. The van der Waals surface area contributed by atoms with Crippen molar-refractivity contribution < 1.29 is 4.79 Å². The molecule has 2 aromatic heterocycles. The summed E-state index contributed by atoms with van der Waals surface area (Å²) in [7, 11) is 0. The molecule has 0 aliphatic rings. The lowest BCUT2D eigenvalue weighted by molar-refractivity contribution is 0.102. The van der Waals surface area contributed by atoms with Crippen LogP contribution < -0.4 is 0 Å². The molecule has 2 aromatic rings. The lowest BCUT2D eigenvalue weighted by Crippen LogP contribution is -2.09. The second-order valence-electron chi connectivity index (χ2n) is 3.04. The Balaban J connectivity index is 2.47. The number of carbonyl (C=O) groups is 1. The molecular formula is C10H6Cl2N4O. The highest BCUT2D eigenvalue weighted by atomic mass is 35.5. The third-order valence-electron chi connectivity index (χ3n) is 1.97.